The second-order valence-electron chi connectivity index (χ2n) is 5.05. The number of para-hydroxylation sites is 1. The SMILES string of the molecule is Cc1ccccc1CNc1cnnc(Nc2ccccc2Cl)n1. The minimum atomic E-state index is 0.396. The summed E-state index contributed by atoms with van der Waals surface area (Å²) in [5, 5.41) is 14.9. The second kappa shape index (κ2) is 7.07. The van der Waals surface area contributed by atoms with Crippen molar-refractivity contribution in [3.63, 3.8) is 0 Å². The highest BCUT2D eigenvalue weighted by Gasteiger charge is 2.04. The van der Waals surface area contributed by atoms with E-state index in [1.807, 2.05) is 30.3 Å². The van der Waals surface area contributed by atoms with E-state index < -0.39 is 0 Å². The van der Waals surface area contributed by atoms with E-state index in [-0.39, 0.29) is 0 Å². The van der Waals surface area contributed by atoms with Crippen LogP contribution in [0.1, 0.15) is 11.1 Å². The van der Waals surface area contributed by atoms with Crippen LogP contribution in [-0.4, -0.2) is 15.2 Å². The average molecular weight is 326 g/mol. The first-order valence-electron chi connectivity index (χ1n) is 7.22. The standard InChI is InChI=1S/C17H16ClN5/c1-12-6-2-3-7-13(12)10-19-16-11-20-23-17(22-16)21-15-9-5-4-8-14(15)18/h2-9,11H,10H2,1H3,(H2,19,21,22,23). The van der Waals surface area contributed by atoms with Gasteiger partial charge >= 0.3 is 0 Å². The van der Waals surface area contributed by atoms with E-state index in [4.69, 9.17) is 11.6 Å². The van der Waals surface area contributed by atoms with E-state index >= 15 is 0 Å². The van der Waals surface area contributed by atoms with E-state index in [1.165, 1.54) is 11.1 Å². The molecule has 1 aromatic heterocycles. The van der Waals surface area contributed by atoms with Crippen molar-refractivity contribution < 1.29 is 0 Å². The summed E-state index contributed by atoms with van der Waals surface area (Å²) in [5.41, 5.74) is 3.19. The van der Waals surface area contributed by atoms with E-state index in [0.29, 0.717) is 23.3 Å². The summed E-state index contributed by atoms with van der Waals surface area (Å²) in [7, 11) is 0. The van der Waals surface area contributed by atoms with Crippen molar-refractivity contribution in [2.45, 2.75) is 13.5 Å². The van der Waals surface area contributed by atoms with Gasteiger partial charge in [-0.2, -0.15) is 10.1 Å². The summed E-state index contributed by atoms with van der Waals surface area (Å²) >= 11 is 6.12. The van der Waals surface area contributed by atoms with Crippen molar-refractivity contribution in [3.8, 4) is 0 Å². The Bertz CT molecular complexity index is 806. The van der Waals surface area contributed by atoms with Crippen LogP contribution in [0.5, 0.6) is 0 Å². The van der Waals surface area contributed by atoms with Gasteiger partial charge in [0.1, 0.15) is 0 Å². The third-order valence-corrected chi connectivity index (χ3v) is 3.73. The van der Waals surface area contributed by atoms with Crippen molar-refractivity contribution in [2.75, 3.05) is 10.6 Å². The molecular weight excluding hydrogens is 310 g/mol. The first-order chi connectivity index (χ1) is 11.2. The van der Waals surface area contributed by atoms with E-state index in [1.54, 1.807) is 12.3 Å². The maximum Gasteiger partial charge on any atom is 0.249 e. The smallest absolute Gasteiger partial charge is 0.249 e. The maximum absolute atomic E-state index is 6.12. The Hall–Kier alpha value is -2.66. The Morgan fingerprint density at radius 3 is 2.65 bits per heavy atom. The lowest BCUT2D eigenvalue weighted by atomic mass is 10.1. The van der Waals surface area contributed by atoms with Gasteiger partial charge in [0.2, 0.25) is 5.95 Å². The molecule has 0 saturated carbocycles. The van der Waals surface area contributed by atoms with Gasteiger partial charge in [0.05, 0.1) is 16.9 Å². The zero-order valence-corrected chi connectivity index (χ0v) is 13.4. The van der Waals surface area contributed by atoms with Gasteiger partial charge in [-0.05, 0) is 30.2 Å². The molecule has 0 bridgehead atoms. The molecule has 23 heavy (non-hydrogen) atoms. The summed E-state index contributed by atoms with van der Waals surface area (Å²) in [6.45, 7) is 2.76. The van der Waals surface area contributed by atoms with Gasteiger partial charge in [-0.3, -0.25) is 0 Å². The highest BCUT2D eigenvalue weighted by Crippen LogP contribution is 2.23. The number of aromatic nitrogens is 3. The molecule has 0 unspecified atom stereocenters. The van der Waals surface area contributed by atoms with E-state index in [9.17, 15) is 0 Å². The topological polar surface area (TPSA) is 62.7 Å². The van der Waals surface area contributed by atoms with Crippen LogP contribution in [0.25, 0.3) is 0 Å². The number of benzene rings is 2. The summed E-state index contributed by atoms with van der Waals surface area (Å²) in [6.07, 6.45) is 1.59. The minimum Gasteiger partial charge on any atom is -0.365 e. The van der Waals surface area contributed by atoms with Gasteiger partial charge in [-0.1, -0.05) is 48.0 Å². The number of rotatable bonds is 5. The van der Waals surface area contributed by atoms with Gasteiger partial charge in [-0.25, -0.2) is 0 Å². The molecule has 5 nitrogen and oxygen atoms in total. The summed E-state index contributed by atoms with van der Waals surface area (Å²) in [5.74, 6) is 1.05. The van der Waals surface area contributed by atoms with E-state index in [2.05, 4.69) is 44.9 Å². The van der Waals surface area contributed by atoms with Crippen molar-refractivity contribution in [1.29, 1.82) is 0 Å². The molecule has 3 rings (SSSR count). The molecule has 2 aromatic carbocycles. The first-order valence-corrected chi connectivity index (χ1v) is 7.60. The van der Waals surface area contributed by atoms with Gasteiger partial charge in [0.15, 0.2) is 5.82 Å². The Balaban J connectivity index is 1.70. The predicted octanol–water partition coefficient (Wildman–Crippen LogP) is 4.19. The fourth-order valence-corrected chi connectivity index (χ4v) is 2.30. The molecule has 0 aliphatic rings. The second-order valence-corrected chi connectivity index (χ2v) is 5.46. The lowest BCUT2D eigenvalue weighted by Gasteiger charge is -2.09. The number of aryl methyl sites for hydroxylation is 1. The zero-order chi connectivity index (χ0) is 16.1. The van der Waals surface area contributed by atoms with Crippen LogP contribution in [0.3, 0.4) is 0 Å². The fourth-order valence-electron chi connectivity index (χ4n) is 2.12. The van der Waals surface area contributed by atoms with Gasteiger partial charge in [0, 0.05) is 6.54 Å². The van der Waals surface area contributed by atoms with Gasteiger partial charge in [0.25, 0.3) is 0 Å². The predicted molar refractivity (Wildman–Crippen MR) is 93.1 cm³/mol. The van der Waals surface area contributed by atoms with Crippen molar-refractivity contribution >= 4 is 29.1 Å². The summed E-state index contributed by atoms with van der Waals surface area (Å²) in [6, 6.07) is 15.6. The number of anilines is 3. The molecule has 0 fully saturated rings. The molecule has 116 valence electrons. The van der Waals surface area contributed by atoms with Crippen LogP contribution in [0.15, 0.2) is 54.7 Å². The average Bonchev–Trinajstić information content (AvgIpc) is 2.57. The number of nitrogens with zero attached hydrogens (tertiary/aromatic N) is 3. The van der Waals surface area contributed by atoms with Crippen LogP contribution >= 0.6 is 11.6 Å². The van der Waals surface area contributed by atoms with E-state index in [0.717, 1.165) is 5.69 Å². The third kappa shape index (κ3) is 3.96. The molecule has 0 atom stereocenters. The number of halogens is 1. The fraction of sp³-hybridized carbons (Fsp3) is 0.118. The van der Waals surface area contributed by atoms with Crippen LogP contribution in [-0.2, 0) is 6.54 Å². The number of hydrogen-bond donors (Lipinski definition) is 2. The Kier molecular flexibility index (Phi) is 4.68. The first kappa shape index (κ1) is 15.2. The van der Waals surface area contributed by atoms with Gasteiger partial charge < -0.3 is 10.6 Å². The highest BCUT2D eigenvalue weighted by molar-refractivity contribution is 6.33. The molecule has 0 radical (unpaired) electrons. The highest BCUT2D eigenvalue weighted by atomic mass is 35.5. The molecule has 2 N–H and O–H groups in total. The molecule has 6 heteroatoms. The normalized spacial score (nSPS) is 10.3. The monoisotopic (exact) mass is 325 g/mol. The van der Waals surface area contributed by atoms with Crippen LogP contribution in [0, 0.1) is 6.92 Å². The Labute approximate surface area is 139 Å². The molecule has 1 heterocycles. The zero-order valence-electron chi connectivity index (χ0n) is 12.6. The number of nitrogens with one attached hydrogen (secondary N) is 2. The molecule has 0 saturated heterocycles. The third-order valence-electron chi connectivity index (χ3n) is 3.40. The summed E-state index contributed by atoms with van der Waals surface area (Å²) in [4.78, 5) is 4.40. The largest absolute Gasteiger partial charge is 0.365 e. The molecule has 3 aromatic rings. The van der Waals surface area contributed by atoms with Crippen LogP contribution in [0.4, 0.5) is 17.5 Å². The van der Waals surface area contributed by atoms with Gasteiger partial charge in [-0.15, -0.1) is 5.10 Å². The van der Waals surface area contributed by atoms with Crippen molar-refractivity contribution in [3.05, 3.63) is 70.9 Å². The molecule has 0 aliphatic heterocycles. The molecule has 0 aliphatic carbocycles. The minimum absolute atomic E-state index is 0.396. The van der Waals surface area contributed by atoms with Crippen LogP contribution in [0.2, 0.25) is 5.02 Å². The lowest BCUT2D eigenvalue weighted by Crippen LogP contribution is -2.06. The summed E-state index contributed by atoms with van der Waals surface area (Å²) < 4.78 is 0. The molecular formula is C17H16ClN5. The van der Waals surface area contributed by atoms with Crippen molar-refractivity contribution in [2.24, 2.45) is 0 Å². The van der Waals surface area contributed by atoms with Crippen molar-refractivity contribution in [1.82, 2.24) is 15.2 Å². The number of hydrogen-bond acceptors (Lipinski definition) is 5. The maximum atomic E-state index is 6.12. The Morgan fingerprint density at radius 1 is 1.04 bits per heavy atom. The molecule has 0 spiro atoms. The Morgan fingerprint density at radius 2 is 1.83 bits per heavy atom. The lowest BCUT2D eigenvalue weighted by molar-refractivity contribution is 0.964. The van der Waals surface area contributed by atoms with Crippen LogP contribution < -0.4 is 10.6 Å². The molecule has 0 amide bonds. The quantitative estimate of drug-likeness (QED) is 0.736.